The van der Waals surface area contributed by atoms with Crippen molar-refractivity contribution in [2.75, 3.05) is 6.54 Å². The van der Waals surface area contributed by atoms with Crippen LogP contribution in [-0.4, -0.2) is 22.7 Å². The number of nitrogens with one attached hydrogen (secondary N) is 1. The smallest absolute Gasteiger partial charge is 0.0794 e. The second-order valence-corrected chi connectivity index (χ2v) is 4.01. The molecule has 0 saturated heterocycles. The zero-order chi connectivity index (χ0) is 9.68. The van der Waals surface area contributed by atoms with Gasteiger partial charge in [-0.05, 0) is 13.3 Å². The molecule has 1 rings (SSSR count). The van der Waals surface area contributed by atoms with Gasteiger partial charge in [-0.2, -0.15) is 0 Å². The van der Waals surface area contributed by atoms with Crippen molar-refractivity contribution in [3.63, 3.8) is 0 Å². The summed E-state index contributed by atoms with van der Waals surface area (Å²) in [5.74, 6) is 0. The molecule has 1 aromatic rings. The molecule has 4 heteroatoms. The van der Waals surface area contributed by atoms with Gasteiger partial charge in [0.2, 0.25) is 0 Å². The summed E-state index contributed by atoms with van der Waals surface area (Å²) in [6, 6.07) is 0.286. The molecule has 3 nitrogen and oxygen atoms in total. The second kappa shape index (κ2) is 5.32. The molecule has 1 aromatic heterocycles. The zero-order valence-corrected chi connectivity index (χ0v) is 8.84. The van der Waals surface area contributed by atoms with Crippen LogP contribution in [0.4, 0.5) is 0 Å². The maximum atomic E-state index is 9.33. The van der Waals surface area contributed by atoms with Gasteiger partial charge in [0.1, 0.15) is 0 Å². The molecule has 0 fully saturated rings. The molecule has 0 bridgehead atoms. The van der Waals surface area contributed by atoms with E-state index in [4.69, 9.17) is 0 Å². The number of thiazole rings is 1. The molecule has 0 aliphatic carbocycles. The lowest BCUT2D eigenvalue weighted by Crippen LogP contribution is -2.28. The van der Waals surface area contributed by atoms with Gasteiger partial charge >= 0.3 is 0 Å². The van der Waals surface area contributed by atoms with E-state index in [2.05, 4.69) is 17.2 Å². The molecular formula is C9H16N2OS. The van der Waals surface area contributed by atoms with Crippen LogP contribution in [0.15, 0.2) is 11.7 Å². The van der Waals surface area contributed by atoms with Crippen LogP contribution in [0.1, 0.15) is 31.2 Å². The molecule has 74 valence electrons. The van der Waals surface area contributed by atoms with Gasteiger partial charge in [-0.25, -0.2) is 0 Å². The van der Waals surface area contributed by atoms with E-state index in [1.807, 2.05) is 18.6 Å². The number of aliphatic hydroxyl groups is 1. The third kappa shape index (κ3) is 3.42. The monoisotopic (exact) mass is 200 g/mol. The molecule has 2 unspecified atom stereocenters. The Bertz CT molecular complexity index is 226. The van der Waals surface area contributed by atoms with Gasteiger partial charge in [-0.15, -0.1) is 11.3 Å². The summed E-state index contributed by atoms with van der Waals surface area (Å²) in [7, 11) is 0. The Kier molecular flexibility index (Phi) is 4.35. The highest BCUT2D eigenvalue weighted by Gasteiger charge is 2.07. The normalized spacial score (nSPS) is 15.6. The SMILES string of the molecule is CCC(O)CNC(C)c1cncs1. The van der Waals surface area contributed by atoms with Crippen molar-refractivity contribution in [3.8, 4) is 0 Å². The first kappa shape index (κ1) is 10.6. The summed E-state index contributed by atoms with van der Waals surface area (Å²) >= 11 is 1.64. The highest BCUT2D eigenvalue weighted by atomic mass is 32.1. The lowest BCUT2D eigenvalue weighted by Gasteiger charge is -2.14. The summed E-state index contributed by atoms with van der Waals surface area (Å²) in [6.07, 6.45) is 2.42. The summed E-state index contributed by atoms with van der Waals surface area (Å²) in [5.41, 5.74) is 1.82. The van der Waals surface area contributed by atoms with Crippen LogP contribution in [0, 0.1) is 0 Å². The van der Waals surface area contributed by atoms with E-state index in [0.717, 1.165) is 6.42 Å². The van der Waals surface area contributed by atoms with Crippen LogP contribution >= 0.6 is 11.3 Å². The Hall–Kier alpha value is -0.450. The van der Waals surface area contributed by atoms with Crippen LogP contribution in [0.5, 0.6) is 0 Å². The third-order valence-electron chi connectivity index (χ3n) is 2.01. The van der Waals surface area contributed by atoms with Gasteiger partial charge in [0, 0.05) is 23.7 Å². The topological polar surface area (TPSA) is 45.1 Å². The number of nitrogens with zero attached hydrogens (tertiary/aromatic N) is 1. The zero-order valence-electron chi connectivity index (χ0n) is 8.03. The average Bonchev–Trinajstić information content (AvgIpc) is 2.66. The Balaban J connectivity index is 2.30. The fourth-order valence-corrected chi connectivity index (χ4v) is 1.65. The van der Waals surface area contributed by atoms with E-state index in [-0.39, 0.29) is 12.1 Å². The van der Waals surface area contributed by atoms with E-state index in [0.29, 0.717) is 6.54 Å². The first-order valence-electron chi connectivity index (χ1n) is 4.53. The third-order valence-corrected chi connectivity index (χ3v) is 2.97. The van der Waals surface area contributed by atoms with E-state index in [1.165, 1.54) is 4.88 Å². The Morgan fingerprint density at radius 2 is 2.46 bits per heavy atom. The molecule has 0 aliphatic heterocycles. The molecule has 1 heterocycles. The first-order valence-corrected chi connectivity index (χ1v) is 5.41. The molecule has 2 N–H and O–H groups in total. The molecule has 2 atom stereocenters. The average molecular weight is 200 g/mol. The fourth-order valence-electron chi connectivity index (χ4n) is 0.997. The molecule has 0 aliphatic rings. The number of aromatic nitrogens is 1. The molecule has 0 saturated carbocycles. The molecule has 0 amide bonds. The Labute approximate surface area is 82.8 Å². The van der Waals surface area contributed by atoms with Crippen LogP contribution < -0.4 is 5.32 Å². The standard InChI is InChI=1S/C9H16N2OS/c1-3-8(12)4-11-7(2)9-5-10-6-13-9/h5-8,11-12H,3-4H2,1-2H3. The van der Waals surface area contributed by atoms with Crippen LogP contribution in [-0.2, 0) is 0 Å². The minimum absolute atomic E-state index is 0.240. The van der Waals surface area contributed by atoms with E-state index in [1.54, 1.807) is 11.3 Å². The largest absolute Gasteiger partial charge is 0.392 e. The van der Waals surface area contributed by atoms with E-state index < -0.39 is 0 Å². The lowest BCUT2D eigenvalue weighted by atomic mass is 10.2. The van der Waals surface area contributed by atoms with Gasteiger partial charge < -0.3 is 10.4 Å². The summed E-state index contributed by atoms with van der Waals surface area (Å²) in [5, 5.41) is 12.6. The molecular weight excluding hydrogens is 184 g/mol. The van der Waals surface area contributed by atoms with Crippen molar-refractivity contribution < 1.29 is 5.11 Å². The molecule has 0 aromatic carbocycles. The van der Waals surface area contributed by atoms with Crippen molar-refractivity contribution in [1.29, 1.82) is 0 Å². The van der Waals surface area contributed by atoms with Crippen molar-refractivity contribution in [1.82, 2.24) is 10.3 Å². The van der Waals surface area contributed by atoms with Crippen LogP contribution in [0.3, 0.4) is 0 Å². The summed E-state index contributed by atoms with van der Waals surface area (Å²) in [4.78, 5) is 5.22. The minimum Gasteiger partial charge on any atom is -0.392 e. The molecule has 0 radical (unpaired) electrons. The maximum Gasteiger partial charge on any atom is 0.0794 e. The van der Waals surface area contributed by atoms with Crippen molar-refractivity contribution in [2.24, 2.45) is 0 Å². The minimum atomic E-state index is -0.240. The van der Waals surface area contributed by atoms with Crippen molar-refractivity contribution >= 4 is 11.3 Å². The number of hydrogen-bond acceptors (Lipinski definition) is 4. The number of rotatable bonds is 5. The Morgan fingerprint density at radius 1 is 1.69 bits per heavy atom. The highest BCUT2D eigenvalue weighted by molar-refractivity contribution is 7.09. The summed E-state index contributed by atoms with van der Waals surface area (Å²) in [6.45, 7) is 4.70. The number of aliphatic hydroxyl groups excluding tert-OH is 1. The van der Waals surface area contributed by atoms with Gasteiger partial charge in [0.05, 0.1) is 11.6 Å². The Morgan fingerprint density at radius 3 is 3.00 bits per heavy atom. The van der Waals surface area contributed by atoms with Gasteiger partial charge in [-0.1, -0.05) is 6.92 Å². The predicted octanol–water partition coefficient (Wildman–Crippen LogP) is 1.56. The van der Waals surface area contributed by atoms with Gasteiger partial charge in [0.15, 0.2) is 0 Å². The lowest BCUT2D eigenvalue weighted by molar-refractivity contribution is 0.164. The first-order chi connectivity index (χ1) is 6.24. The fraction of sp³-hybridized carbons (Fsp3) is 0.667. The second-order valence-electron chi connectivity index (χ2n) is 3.10. The van der Waals surface area contributed by atoms with Crippen LogP contribution in [0.25, 0.3) is 0 Å². The highest BCUT2D eigenvalue weighted by Crippen LogP contribution is 2.15. The van der Waals surface area contributed by atoms with Crippen LogP contribution in [0.2, 0.25) is 0 Å². The molecule has 0 spiro atoms. The van der Waals surface area contributed by atoms with E-state index >= 15 is 0 Å². The quantitative estimate of drug-likeness (QED) is 0.758. The van der Waals surface area contributed by atoms with E-state index in [9.17, 15) is 5.11 Å². The van der Waals surface area contributed by atoms with Crippen molar-refractivity contribution in [3.05, 3.63) is 16.6 Å². The van der Waals surface area contributed by atoms with Gasteiger partial charge in [0.25, 0.3) is 0 Å². The maximum absolute atomic E-state index is 9.33. The van der Waals surface area contributed by atoms with Gasteiger partial charge in [-0.3, -0.25) is 4.98 Å². The molecule has 13 heavy (non-hydrogen) atoms. The number of hydrogen-bond donors (Lipinski definition) is 2. The van der Waals surface area contributed by atoms with Crippen molar-refractivity contribution in [2.45, 2.75) is 32.4 Å². The predicted molar refractivity (Wildman–Crippen MR) is 54.8 cm³/mol. The summed E-state index contributed by atoms with van der Waals surface area (Å²) < 4.78 is 0.